The highest BCUT2D eigenvalue weighted by Crippen LogP contribution is 2.04. The van der Waals surface area contributed by atoms with E-state index in [1.807, 2.05) is 6.92 Å². The molecule has 4 heteroatoms. The van der Waals surface area contributed by atoms with Gasteiger partial charge < -0.3 is 11.1 Å². The maximum Gasteiger partial charge on any atom is 0.250 e. The van der Waals surface area contributed by atoms with Gasteiger partial charge in [0.15, 0.2) is 0 Å². The minimum Gasteiger partial charge on any atom is -0.351 e. The summed E-state index contributed by atoms with van der Waals surface area (Å²) in [6.07, 6.45) is 4.91. The van der Waals surface area contributed by atoms with E-state index < -0.39 is 0 Å². The van der Waals surface area contributed by atoms with Gasteiger partial charge in [0.25, 0.3) is 5.91 Å². The van der Waals surface area contributed by atoms with Crippen molar-refractivity contribution < 1.29 is 4.79 Å². The van der Waals surface area contributed by atoms with Crippen molar-refractivity contribution >= 4 is 17.5 Å². The monoisotopic (exact) mass is 214 g/mol. The van der Waals surface area contributed by atoms with E-state index in [-0.39, 0.29) is 5.91 Å². The molecule has 0 radical (unpaired) electrons. The summed E-state index contributed by atoms with van der Waals surface area (Å²) in [4.78, 5) is 11.2. The van der Waals surface area contributed by atoms with Crippen LogP contribution in [0.2, 0.25) is 0 Å². The molecule has 0 aromatic carbocycles. The number of nitrogens with two attached hydrogens (primary N) is 1. The quantitative estimate of drug-likeness (QED) is 0.536. The van der Waals surface area contributed by atoms with Crippen molar-refractivity contribution in [3.63, 3.8) is 0 Å². The van der Waals surface area contributed by atoms with Gasteiger partial charge in [-0.25, -0.2) is 0 Å². The number of halogens is 1. The number of carbonyl (C=O) groups excluding carboxylic acids is 1. The van der Waals surface area contributed by atoms with Crippen LogP contribution < -0.4 is 11.1 Å². The highest BCUT2D eigenvalue weighted by molar-refractivity contribution is 6.31. The number of rotatable bonds is 5. The van der Waals surface area contributed by atoms with E-state index in [0.717, 1.165) is 0 Å². The van der Waals surface area contributed by atoms with Gasteiger partial charge in [0.05, 0.1) is 0 Å². The molecule has 0 rings (SSSR count). The van der Waals surface area contributed by atoms with Crippen LogP contribution in [0.5, 0.6) is 0 Å². The van der Waals surface area contributed by atoms with E-state index in [9.17, 15) is 4.79 Å². The zero-order valence-corrected chi connectivity index (χ0v) is 8.97. The molecule has 3 nitrogen and oxygen atoms in total. The molecular formula is C10H15ClN2O. The fourth-order valence-electron chi connectivity index (χ4n) is 0.651. The van der Waals surface area contributed by atoms with Crippen LogP contribution in [-0.4, -0.2) is 19.0 Å². The molecule has 0 saturated carbocycles. The van der Waals surface area contributed by atoms with Gasteiger partial charge in [-0.05, 0) is 19.1 Å². The fraction of sp³-hybridized carbons (Fsp3) is 0.300. The van der Waals surface area contributed by atoms with Gasteiger partial charge in [0, 0.05) is 23.7 Å². The standard InChI is InChI=1S/C10H15ClN2O/c1-3-9(11)5-4-8(2)10(14)13-7-6-12/h3-5H,2,6-7,12H2,1H3,(H,13,14). The molecule has 0 aliphatic heterocycles. The lowest BCUT2D eigenvalue weighted by Crippen LogP contribution is -2.29. The van der Waals surface area contributed by atoms with Gasteiger partial charge in [0.1, 0.15) is 0 Å². The highest BCUT2D eigenvalue weighted by atomic mass is 35.5. The van der Waals surface area contributed by atoms with Crippen molar-refractivity contribution in [1.82, 2.24) is 5.32 Å². The van der Waals surface area contributed by atoms with Crippen LogP contribution in [0.25, 0.3) is 0 Å². The zero-order chi connectivity index (χ0) is 11.0. The Bertz CT molecular complexity index is 269. The molecule has 0 unspecified atom stereocenters. The molecule has 0 bridgehead atoms. The second kappa shape index (κ2) is 7.35. The number of carbonyl (C=O) groups is 1. The summed E-state index contributed by atoms with van der Waals surface area (Å²) in [5.74, 6) is -0.229. The maximum absolute atomic E-state index is 11.2. The van der Waals surface area contributed by atoms with E-state index in [1.165, 1.54) is 0 Å². The Labute approximate surface area is 89.3 Å². The van der Waals surface area contributed by atoms with Gasteiger partial charge in [0.2, 0.25) is 0 Å². The minimum absolute atomic E-state index is 0.229. The minimum atomic E-state index is -0.229. The Morgan fingerprint density at radius 1 is 1.57 bits per heavy atom. The van der Waals surface area contributed by atoms with E-state index in [4.69, 9.17) is 17.3 Å². The van der Waals surface area contributed by atoms with Crippen LogP contribution in [0.4, 0.5) is 0 Å². The number of amides is 1. The van der Waals surface area contributed by atoms with E-state index in [2.05, 4.69) is 11.9 Å². The average molecular weight is 215 g/mol. The lowest BCUT2D eigenvalue weighted by molar-refractivity contribution is -0.117. The van der Waals surface area contributed by atoms with Gasteiger partial charge in [-0.3, -0.25) is 4.79 Å². The molecule has 78 valence electrons. The number of allylic oxidation sites excluding steroid dienone is 3. The Hall–Kier alpha value is -1.06. The van der Waals surface area contributed by atoms with Crippen LogP contribution in [0.3, 0.4) is 0 Å². The Morgan fingerprint density at radius 3 is 2.71 bits per heavy atom. The summed E-state index contributed by atoms with van der Waals surface area (Å²) in [6.45, 7) is 6.26. The van der Waals surface area contributed by atoms with E-state index in [1.54, 1.807) is 18.2 Å². The molecule has 14 heavy (non-hydrogen) atoms. The lowest BCUT2D eigenvalue weighted by Gasteiger charge is -2.01. The molecular weight excluding hydrogens is 200 g/mol. The van der Waals surface area contributed by atoms with Crippen molar-refractivity contribution in [2.45, 2.75) is 6.92 Å². The first-order valence-corrected chi connectivity index (χ1v) is 4.66. The highest BCUT2D eigenvalue weighted by Gasteiger charge is 2.00. The Morgan fingerprint density at radius 2 is 2.21 bits per heavy atom. The summed E-state index contributed by atoms with van der Waals surface area (Å²) in [5.41, 5.74) is 5.59. The van der Waals surface area contributed by atoms with Crippen LogP contribution in [-0.2, 0) is 4.79 Å². The van der Waals surface area contributed by atoms with Crippen LogP contribution >= 0.6 is 11.6 Å². The van der Waals surface area contributed by atoms with Crippen molar-refractivity contribution in [3.8, 4) is 0 Å². The normalized spacial score (nSPS) is 11.8. The third-order valence-electron chi connectivity index (χ3n) is 1.44. The molecule has 0 heterocycles. The first kappa shape index (κ1) is 12.9. The molecule has 0 aliphatic rings. The van der Waals surface area contributed by atoms with Crippen LogP contribution in [0.1, 0.15) is 6.92 Å². The van der Waals surface area contributed by atoms with Crippen LogP contribution in [0, 0.1) is 0 Å². The van der Waals surface area contributed by atoms with Gasteiger partial charge >= 0.3 is 0 Å². The van der Waals surface area contributed by atoms with Gasteiger partial charge in [-0.2, -0.15) is 0 Å². The van der Waals surface area contributed by atoms with Gasteiger partial charge in [-0.1, -0.05) is 24.3 Å². The summed E-state index contributed by atoms with van der Waals surface area (Å²) >= 11 is 5.70. The lowest BCUT2D eigenvalue weighted by atomic mass is 10.2. The van der Waals surface area contributed by atoms with Crippen LogP contribution in [0.15, 0.2) is 35.4 Å². The third kappa shape index (κ3) is 5.56. The van der Waals surface area contributed by atoms with E-state index >= 15 is 0 Å². The first-order valence-electron chi connectivity index (χ1n) is 4.29. The molecule has 0 spiro atoms. The molecule has 0 fully saturated rings. The SMILES string of the molecule is C=C(C=CC(Cl)=CC)C(=O)NCCN. The summed E-state index contributed by atoms with van der Waals surface area (Å²) in [5, 5.41) is 3.16. The molecule has 1 amide bonds. The summed E-state index contributed by atoms with van der Waals surface area (Å²) in [6, 6.07) is 0. The summed E-state index contributed by atoms with van der Waals surface area (Å²) in [7, 11) is 0. The van der Waals surface area contributed by atoms with E-state index in [0.29, 0.717) is 23.7 Å². The third-order valence-corrected chi connectivity index (χ3v) is 1.79. The van der Waals surface area contributed by atoms with Crippen molar-refractivity contribution in [1.29, 1.82) is 0 Å². The topological polar surface area (TPSA) is 55.1 Å². The molecule has 0 aromatic heterocycles. The number of nitrogens with one attached hydrogen (secondary N) is 1. The summed E-state index contributed by atoms with van der Waals surface area (Å²) < 4.78 is 0. The van der Waals surface area contributed by atoms with Gasteiger partial charge in [-0.15, -0.1) is 0 Å². The smallest absolute Gasteiger partial charge is 0.250 e. The number of hydrogen-bond acceptors (Lipinski definition) is 2. The zero-order valence-electron chi connectivity index (χ0n) is 8.22. The molecule has 0 aliphatic carbocycles. The predicted molar refractivity (Wildman–Crippen MR) is 60.0 cm³/mol. The largest absolute Gasteiger partial charge is 0.351 e. The van der Waals surface area contributed by atoms with Crippen molar-refractivity contribution in [3.05, 3.63) is 35.4 Å². The number of hydrogen-bond donors (Lipinski definition) is 2. The fourth-order valence-corrected chi connectivity index (χ4v) is 0.714. The average Bonchev–Trinajstić information content (AvgIpc) is 2.21. The molecule has 0 aromatic rings. The van der Waals surface area contributed by atoms with Crippen molar-refractivity contribution in [2.24, 2.45) is 5.73 Å². The Balaban J connectivity index is 4.08. The Kier molecular flexibility index (Phi) is 6.80. The molecule has 0 saturated heterocycles. The predicted octanol–water partition coefficient (Wildman–Crippen LogP) is 1.32. The molecule has 0 atom stereocenters. The molecule has 3 N–H and O–H groups in total. The maximum atomic E-state index is 11.2. The second-order valence-corrected chi connectivity index (χ2v) is 3.01. The second-order valence-electron chi connectivity index (χ2n) is 2.58. The first-order chi connectivity index (χ1) is 6.61. The van der Waals surface area contributed by atoms with Crippen molar-refractivity contribution in [2.75, 3.05) is 13.1 Å².